The van der Waals surface area contributed by atoms with Crippen molar-refractivity contribution in [2.45, 2.75) is 46.1 Å². The minimum absolute atomic E-state index is 0.263. The standard InChI is InChI=1S/C13H24N2O3/c1-10(15-7-5-4-6-8-15)9-14-11(16)13(2,3)12(17)18/h10H,4-9H2,1-3H3,(H,14,16)(H,17,18). The van der Waals surface area contributed by atoms with Crippen LogP contribution in [0.3, 0.4) is 0 Å². The van der Waals surface area contributed by atoms with E-state index in [0.29, 0.717) is 6.54 Å². The van der Waals surface area contributed by atoms with Crippen LogP contribution in [0.2, 0.25) is 0 Å². The Hall–Kier alpha value is -1.10. The molecule has 0 aliphatic carbocycles. The van der Waals surface area contributed by atoms with Crippen LogP contribution in [0, 0.1) is 5.41 Å². The summed E-state index contributed by atoms with van der Waals surface area (Å²) in [4.78, 5) is 25.1. The van der Waals surface area contributed by atoms with Crippen molar-refractivity contribution in [3.05, 3.63) is 0 Å². The van der Waals surface area contributed by atoms with Gasteiger partial charge in [-0.05, 0) is 46.7 Å². The van der Waals surface area contributed by atoms with Gasteiger partial charge in [0.1, 0.15) is 5.41 Å². The fourth-order valence-corrected chi connectivity index (χ4v) is 2.05. The Morgan fingerprint density at radius 2 is 1.83 bits per heavy atom. The Kier molecular flexibility index (Phi) is 5.14. The van der Waals surface area contributed by atoms with E-state index in [1.54, 1.807) is 0 Å². The number of carbonyl (C=O) groups excluding carboxylic acids is 1. The van der Waals surface area contributed by atoms with E-state index in [-0.39, 0.29) is 6.04 Å². The second kappa shape index (κ2) is 6.18. The van der Waals surface area contributed by atoms with Gasteiger partial charge in [-0.3, -0.25) is 14.5 Å². The number of hydrogen-bond donors (Lipinski definition) is 2. The van der Waals surface area contributed by atoms with Crippen molar-refractivity contribution in [1.29, 1.82) is 0 Å². The number of carbonyl (C=O) groups is 2. The van der Waals surface area contributed by atoms with Crippen molar-refractivity contribution in [3.8, 4) is 0 Å². The first-order chi connectivity index (χ1) is 8.35. The Balaban J connectivity index is 2.40. The largest absolute Gasteiger partial charge is 0.480 e. The fraction of sp³-hybridized carbons (Fsp3) is 0.846. The van der Waals surface area contributed by atoms with Gasteiger partial charge in [-0.1, -0.05) is 6.42 Å². The molecule has 0 spiro atoms. The molecule has 1 aliphatic rings. The molecule has 1 rings (SSSR count). The lowest BCUT2D eigenvalue weighted by molar-refractivity contribution is -0.153. The Morgan fingerprint density at radius 1 is 1.28 bits per heavy atom. The molecule has 1 heterocycles. The number of aliphatic carboxylic acids is 1. The number of carboxylic acids is 1. The number of hydrogen-bond acceptors (Lipinski definition) is 3. The van der Waals surface area contributed by atoms with E-state index < -0.39 is 17.3 Å². The summed E-state index contributed by atoms with van der Waals surface area (Å²) in [5.41, 5.74) is -1.36. The first kappa shape index (κ1) is 15.0. The molecular weight excluding hydrogens is 232 g/mol. The van der Waals surface area contributed by atoms with Crippen LogP contribution >= 0.6 is 0 Å². The van der Waals surface area contributed by atoms with Crippen LogP contribution in [0.1, 0.15) is 40.0 Å². The Bertz CT molecular complexity index is 309. The van der Waals surface area contributed by atoms with E-state index in [9.17, 15) is 9.59 Å². The van der Waals surface area contributed by atoms with Gasteiger partial charge in [0.25, 0.3) is 0 Å². The zero-order valence-electron chi connectivity index (χ0n) is 11.5. The first-order valence-corrected chi connectivity index (χ1v) is 6.61. The minimum Gasteiger partial charge on any atom is -0.480 e. The molecule has 1 amide bonds. The number of piperidine rings is 1. The molecule has 104 valence electrons. The van der Waals surface area contributed by atoms with Crippen molar-refractivity contribution in [2.24, 2.45) is 5.41 Å². The summed E-state index contributed by atoms with van der Waals surface area (Å²) < 4.78 is 0. The summed E-state index contributed by atoms with van der Waals surface area (Å²) in [6.07, 6.45) is 3.69. The van der Waals surface area contributed by atoms with Crippen LogP contribution < -0.4 is 5.32 Å². The molecule has 2 N–H and O–H groups in total. The van der Waals surface area contributed by atoms with E-state index in [0.717, 1.165) is 13.1 Å². The Labute approximate surface area is 109 Å². The highest BCUT2D eigenvalue weighted by atomic mass is 16.4. The molecule has 1 saturated heterocycles. The second-order valence-corrected chi connectivity index (χ2v) is 5.59. The van der Waals surface area contributed by atoms with E-state index in [2.05, 4.69) is 17.1 Å². The van der Waals surface area contributed by atoms with Crippen LogP contribution in [-0.4, -0.2) is 47.6 Å². The van der Waals surface area contributed by atoms with E-state index >= 15 is 0 Å². The summed E-state index contributed by atoms with van der Waals surface area (Å²) >= 11 is 0. The smallest absolute Gasteiger partial charge is 0.318 e. The highest BCUT2D eigenvalue weighted by Crippen LogP contribution is 2.16. The number of rotatable bonds is 5. The third-order valence-electron chi connectivity index (χ3n) is 3.67. The van der Waals surface area contributed by atoms with Gasteiger partial charge in [0, 0.05) is 12.6 Å². The van der Waals surface area contributed by atoms with Crippen LogP contribution in [0.15, 0.2) is 0 Å². The third-order valence-corrected chi connectivity index (χ3v) is 3.67. The molecule has 18 heavy (non-hydrogen) atoms. The van der Waals surface area contributed by atoms with Crippen molar-refractivity contribution in [2.75, 3.05) is 19.6 Å². The van der Waals surface area contributed by atoms with Gasteiger partial charge in [0.15, 0.2) is 0 Å². The predicted octanol–water partition coefficient (Wildman–Crippen LogP) is 1.09. The highest BCUT2D eigenvalue weighted by molar-refractivity contribution is 6.00. The molecule has 0 radical (unpaired) electrons. The van der Waals surface area contributed by atoms with Crippen molar-refractivity contribution < 1.29 is 14.7 Å². The molecule has 1 fully saturated rings. The van der Waals surface area contributed by atoms with Crippen LogP contribution in [0.25, 0.3) is 0 Å². The van der Waals surface area contributed by atoms with E-state index in [1.807, 2.05) is 0 Å². The summed E-state index contributed by atoms with van der Waals surface area (Å²) in [7, 11) is 0. The topological polar surface area (TPSA) is 69.6 Å². The summed E-state index contributed by atoms with van der Waals surface area (Å²) in [5.74, 6) is -1.51. The van der Waals surface area contributed by atoms with Crippen LogP contribution in [0.4, 0.5) is 0 Å². The molecule has 1 atom stereocenters. The number of amides is 1. The number of nitrogens with one attached hydrogen (secondary N) is 1. The molecular formula is C13H24N2O3. The minimum atomic E-state index is -1.36. The van der Waals surface area contributed by atoms with Gasteiger partial charge in [0.05, 0.1) is 0 Å². The molecule has 0 aromatic heterocycles. The SMILES string of the molecule is CC(CNC(=O)C(C)(C)C(=O)O)N1CCCCC1. The zero-order valence-corrected chi connectivity index (χ0v) is 11.5. The van der Waals surface area contributed by atoms with Gasteiger partial charge >= 0.3 is 5.97 Å². The average Bonchev–Trinajstić information content (AvgIpc) is 2.36. The van der Waals surface area contributed by atoms with Gasteiger partial charge in [-0.25, -0.2) is 0 Å². The third kappa shape index (κ3) is 3.70. The van der Waals surface area contributed by atoms with E-state index in [1.165, 1.54) is 33.1 Å². The monoisotopic (exact) mass is 256 g/mol. The second-order valence-electron chi connectivity index (χ2n) is 5.59. The van der Waals surface area contributed by atoms with E-state index in [4.69, 9.17) is 5.11 Å². The maximum Gasteiger partial charge on any atom is 0.318 e. The summed E-state index contributed by atoms with van der Waals surface area (Å²) in [6.45, 7) is 7.57. The van der Waals surface area contributed by atoms with Crippen LogP contribution in [-0.2, 0) is 9.59 Å². The normalized spacial score (nSPS) is 19.3. The van der Waals surface area contributed by atoms with Gasteiger partial charge in [-0.2, -0.15) is 0 Å². The first-order valence-electron chi connectivity index (χ1n) is 6.61. The molecule has 0 aromatic rings. The maximum atomic E-state index is 11.8. The quantitative estimate of drug-likeness (QED) is 0.722. The molecule has 5 nitrogen and oxygen atoms in total. The average molecular weight is 256 g/mol. The summed E-state index contributed by atoms with van der Waals surface area (Å²) in [5, 5.41) is 11.7. The lowest BCUT2D eigenvalue weighted by atomic mass is 9.92. The molecule has 0 aromatic carbocycles. The van der Waals surface area contributed by atoms with Gasteiger partial charge in [0.2, 0.25) is 5.91 Å². The zero-order chi connectivity index (χ0) is 13.8. The molecule has 5 heteroatoms. The molecule has 0 bridgehead atoms. The lowest BCUT2D eigenvalue weighted by Crippen LogP contribution is -2.48. The summed E-state index contributed by atoms with van der Waals surface area (Å²) in [6, 6.07) is 0.263. The number of nitrogens with zero attached hydrogens (tertiary/aromatic N) is 1. The van der Waals surface area contributed by atoms with Crippen molar-refractivity contribution >= 4 is 11.9 Å². The molecule has 1 aliphatic heterocycles. The van der Waals surface area contributed by atoms with Gasteiger partial charge in [-0.15, -0.1) is 0 Å². The van der Waals surface area contributed by atoms with Gasteiger partial charge < -0.3 is 10.4 Å². The number of likely N-dealkylation sites (tertiary alicyclic amines) is 1. The number of carboxylic acid groups (broad SMARTS) is 1. The molecule has 0 saturated carbocycles. The van der Waals surface area contributed by atoms with Crippen molar-refractivity contribution in [3.63, 3.8) is 0 Å². The van der Waals surface area contributed by atoms with Crippen LogP contribution in [0.5, 0.6) is 0 Å². The highest BCUT2D eigenvalue weighted by Gasteiger charge is 2.36. The maximum absolute atomic E-state index is 11.8. The predicted molar refractivity (Wildman–Crippen MR) is 69.3 cm³/mol. The van der Waals surface area contributed by atoms with Crippen molar-refractivity contribution in [1.82, 2.24) is 10.2 Å². The Morgan fingerprint density at radius 3 is 2.33 bits per heavy atom. The molecule has 1 unspecified atom stereocenters. The lowest BCUT2D eigenvalue weighted by Gasteiger charge is -2.33. The fourth-order valence-electron chi connectivity index (χ4n) is 2.05.